The van der Waals surface area contributed by atoms with Gasteiger partial charge in [0.1, 0.15) is 4.88 Å². The first-order valence-electron chi connectivity index (χ1n) is 10.9. The second-order valence-electron chi connectivity index (χ2n) is 7.58. The summed E-state index contributed by atoms with van der Waals surface area (Å²) < 4.78 is 5.49. The van der Waals surface area contributed by atoms with Crippen LogP contribution in [-0.4, -0.2) is 21.8 Å². The topological polar surface area (TPSA) is 97.1 Å². The fourth-order valence-corrected chi connectivity index (χ4v) is 4.42. The number of carbonyl (C=O) groups is 2. The molecule has 172 valence electrons. The zero-order chi connectivity index (χ0) is 24.0. The molecule has 0 unspecified atom stereocenters. The molecule has 0 fully saturated rings. The summed E-state index contributed by atoms with van der Waals surface area (Å²) in [6.07, 6.45) is 3.25. The Morgan fingerprint density at radius 1 is 0.886 bits per heavy atom. The van der Waals surface area contributed by atoms with Crippen molar-refractivity contribution >= 4 is 28.8 Å². The monoisotopic (exact) mass is 480 g/mol. The molecule has 0 aliphatic rings. The fourth-order valence-electron chi connectivity index (χ4n) is 3.47. The van der Waals surface area contributed by atoms with Gasteiger partial charge in [-0.2, -0.15) is 0 Å². The van der Waals surface area contributed by atoms with Crippen molar-refractivity contribution in [3.8, 4) is 22.0 Å². The van der Waals surface area contributed by atoms with Gasteiger partial charge in [-0.05, 0) is 42.5 Å². The second kappa shape index (κ2) is 10.1. The summed E-state index contributed by atoms with van der Waals surface area (Å²) in [7, 11) is 0. The molecule has 35 heavy (non-hydrogen) atoms. The number of furan rings is 1. The lowest BCUT2D eigenvalue weighted by molar-refractivity contribution is 0.0949. The molecule has 0 radical (unpaired) electrons. The van der Waals surface area contributed by atoms with Crippen LogP contribution in [-0.2, 0) is 6.54 Å². The number of anilines is 1. The number of benzene rings is 2. The predicted octanol–water partition coefficient (Wildman–Crippen LogP) is 5.65. The van der Waals surface area contributed by atoms with Crippen molar-refractivity contribution in [2.45, 2.75) is 6.54 Å². The summed E-state index contributed by atoms with van der Waals surface area (Å²) in [5.41, 5.74) is 3.10. The molecule has 0 saturated heterocycles. The number of aromatic nitrogens is 2. The number of amides is 2. The maximum absolute atomic E-state index is 13.3. The van der Waals surface area contributed by atoms with Crippen LogP contribution in [0.2, 0.25) is 0 Å². The number of rotatable bonds is 7. The highest BCUT2D eigenvalue weighted by molar-refractivity contribution is 7.17. The summed E-state index contributed by atoms with van der Waals surface area (Å²) in [4.78, 5) is 35.3. The van der Waals surface area contributed by atoms with Gasteiger partial charge >= 0.3 is 0 Å². The average Bonchev–Trinajstić information content (AvgIpc) is 3.59. The van der Waals surface area contributed by atoms with E-state index in [0.717, 1.165) is 11.3 Å². The summed E-state index contributed by atoms with van der Waals surface area (Å²) in [6.45, 7) is 0.313. The first kappa shape index (κ1) is 22.2. The van der Waals surface area contributed by atoms with Gasteiger partial charge in [0.15, 0.2) is 10.8 Å². The van der Waals surface area contributed by atoms with Gasteiger partial charge in [-0.3, -0.25) is 14.6 Å². The molecule has 3 heterocycles. The van der Waals surface area contributed by atoms with E-state index in [9.17, 15) is 9.59 Å². The number of hydrogen-bond donors (Lipinski definition) is 2. The third-order valence-electron chi connectivity index (χ3n) is 5.15. The van der Waals surface area contributed by atoms with Crippen LogP contribution in [0.15, 0.2) is 102 Å². The molecule has 5 aromatic rings. The van der Waals surface area contributed by atoms with Gasteiger partial charge in [-0.1, -0.05) is 42.5 Å². The Morgan fingerprint density at radius 2 is 1.74 bits per heavy atom. The maximum Gasteiger partial charge on any atom is 0.268 e. The number of carbonyl (C=O) groups excluding carboxylic acids is 2. The second-order valence-corrected chi connectivity index (χ2v) is 8.58. The normalized spacial score (nSPS) is 10.6. The van der Waals surface area contributed by atoms with E-state index < -0.39 is 0 Å². The molecule has 5 rings (SSSR count). The van der Waals surface area contributed by atoms with E-state index in [0.29, 0.717) is 39.1 Å². The first-order chi connectivity index (χ1) is 17.2. The predicted molar refractivity (Wildman–Crippen MR) is 135 cm³/mol. The molecule has 2 amide bonds. The Kier molecular flexibility index (Phi) is 6.45. The SMILES string of the molecule is O=C(NCc1ccccn1)c1cccc(NC(=O)c2sc(-c3ccco3)nc2-c2ccccc2)c1. The quantitative estimate of drug-likeness (QED) is 0.314. The van der Waals surface area contributed by atoms with Gasteiger partial charge in [0, 0.05) is 23.0 Å². The number of hydrogen-bond acceptors (Lipinski definition) is 6. The van der Waals surface area contributed by atoms with Crippen LogP contribution in [0.1, 0.15) is 25.7 Å². The molecule has 0 aliphatic carbocycles. The lowest BCUT2D eigenvalue weighted by Crippen LogP contribution is -2.23. The van der Waals surface area contributed by atoms with Crippen molar-refractivity contribution in [1.82, 2.24) is 15.3 Å². The molecule has 0 aliphatic heterocycles. The highest BCUT2D eigenvalue weighted by atomic mass is 32.1. The summed E-state index contributed by atoms with van der Waals surface area (Å²) >= 11 is 1.25. The highest BCUT2D eigenvalue weighted by Gasteiger charge is 2.21. The largest absolute Gasteiger partial charge is 0.462 e. The molecule has 2 N–H and O–H groups in total. The van der Waals surface area contributed by atoms with Crippen LogP contribution in [0.5, 0.6) is 0 Å². The van der Waals surface area contributed by atoms with Gasteiger partial charge in [-0.15, -0.1) is 11.3 Å². The smallest absolute Gasteiger partial charge is 0.268 e. The van der Waals surface area contributed by atoms with Crippen LogP contribution in [0.3, 0.4) is 0 Å². The van der Waals surface area contributed by atoms with Gasteiger partial charge in [-0.25, -0.2) is 4.98 Å². The van der Waals surface area contributed by atoms with Gasteiger partial charge < -0.3 is 15.1 Å². The Balaban J connectivity index is 1.36. The minimum Gasteiger partial charge on any atom is -0.462 e. The standard InChI is InChI=1S/C27H20N4O3S/c32-25(29-17-21-11-4-5-14-28-21)19-10-6-12-20(16-19)30-26(33)24-23(18-8-2-1-3-9-18)31-27(35-24)22-13-7-15-34-22/h1-16H,17H2,(H,29,32)(H,30,33). The van der Waals surface area contributed by atoms with Gasteiger partial charge in [0.05, 0.1) is 24.2 Å². The van der Waals surface area contributed by atoms with E-state index >= 15 is 0 Å². The number of thiazole rings is 1. The lowest BCUT2D eigenvalue weighted by atomic mass is 10.1. The van der Waals surface area contributed by atoms with E-state index in [1.54, 1.807) is 42.8 Å². The van der Waals surface area contributed by atoms with Crippen molar-refractivity contribution in [1.29, 1.82) is 0 Å². The van der Waals surface area contributed by atoms with E-state index in [1.165, 1.54) is 11.3 Å². The van der Waals surface area contributed by atoms with Crippen molar-refractivity contribution < 1.29 is 14.0 Å². The fraction of sp³-hybridized carbons (Fsp3) is 0.0370. The Hall–Kier alpha value is -4.56. The molecule has 8 heteroatoms. The van der Waals surface area contributed by atoms with Crippen LogP contribution in [0.25, 0.3) is 22.0 Å². The summed E-state index contributed by atoms with van der Waals surface area (Å²) in [5, 5.41) is 6.36. The van der Waals surface area contributed by atoms with Crippen LogP contribution >= 0.6 is 11.3 Å². The Labute approximate surface area is 205 Å². The first-order valence-corrected chi connectivity index (χ1v) is 11.7. The third-order valence-corrected chi connectivity index (χ3v) is 6.22. The van der Waals surface area contributed by atoms with Crippen molar-refractivity contribution in [2.75, 3.05) is 5.32 Å². The Morgan fingerprint density at radius 3 is 2.51 bits per heavy atom. The molecule has 0 bridgehead atoms. The molecule has 7 nitrogen and oxygen atoms in total. The zero-order valence-electron chi connectivity index (χ0n) is 18.5. The van der Waals surface area contributed by atoms with E-state index in [2.05, 4.69) is 20.6 Å². The molecule has 2 aromatic carbocycles. The average molecular weight is 481 g/mol. The minimum absolute atomic E-state index is 0.255. The molecule has 0 atom stereocenters. The Bertz CT molecular complexity index is 1450. The van der Waals surface area contributed by atoms with E-state index in [4.69, 9.17) is 4.42 Å². The lowest BCUT2D eigenvalue weighted by Gasteiger charge is -2.08. The number of nitrogens with zero attached hydrogens (tertiary/aromatic N) is 2. The summed E-state index contributed by atoms with van der Waals surface area (Å²) in [5.74, 6) is 0.0256. The molecular formula is C27H20N4O3S. The van der Waals surface area contributed by atoms with Crippen LogP contribution < -0.4 is 10.6 Å². The molecular weight excluding hydrogens is 460 g/mol. The highest BCUT2D eigenvalue weighted by Crippen LogP contribution is 2.34. The van der Waals surface area contributed by atoms with E-state index in [-0.39, 0.29) is 11.8 Å². The number of pyridine rings is 1. The minimum atomic E-state index is -0.315. The molecule has 3 aromatic heterocycles. The maximum atomic E-state index is 13.3. The molecule has 0 saturated carbocycles. The number of nitrogens with one attached hydrogen (secondary N) is 2. The van der Waals surface area contributed by atoms with E-state index in [1.807, 2.05) is 54.6 Å². The van der Waals surface area contributed by atoms with Gasteiger partial charge in [0.25, 0.3) is 11.8 Å². The summed E-state index contributed by atoms with van der Waals surface area (Å²) in [6, 6.07) is 25.4. The van der Waals surface area contributed by atoms with Gasteiger partial charge in [0.2, 0.25) is 0 Å². The van der Waals surface area contributed by atoms with Crippen molar-refractivity contribution in [3.63, 3.8) is 0 Å². The van der Waals surface area contributed by atoms with Crippen molar-refractivity contribution in [2.24, 2.45) is 0 Å². The zero-order valence-corrected chi connectivity index (χ0v) is 19.3. The third kappa shape index (κ3) is 5.18. The van der Waals surface area contributed by atoms with Crippen LogP contribution in [0.4, 0.5) is 5.69 Å². The van der Waals surface area contributed by atoms with Crippen molar-refractivity contribution in [3.05, 3.63) is 114 Å². The molecule has 0 spiro atoms. The van der Waals surface area contributed by atoms with Crippen LogP contribution in [0, 0.1) is 0 Å².